The molecule has 126 valence electrons. The number of allylic oxidation sites excluding steroid dienone is 1. The van der Waals surface area contributed by atoms with Crippen LogP contribution in [0.25, 0.3) is 6.08 Å². The summed E-state index contributed by atoms with van der Waals surface area (Å²) in [6.45, 7) is 3.19. The lowest BCUT2D eigenvalue weighted by molar-refractivity contribution is -0.139. The fourth-order valence-corrected chi connectivity index (χ4v) is 2.38. The third kappa shape index (κ3) is 4.11. The molecule has 7 nitrogen and oxygen atoms in total. The Kier molecular flexibility index (Phi) is 5.54. The third-order valence-corrected chi connectivity index (χ3v) is 3.31. The molecule has 0 aliphatic carbocycles. The van der Waals surface area contributed by atoms with Crippen molar-refractivity contribution >= 4 is 35.3 Å². The second-order valence-corrected chi connectivity index (χ2v) is 5.26. The summed E-state index contributed by atoms with van der Waals surface area (Å²) in [6, 6.07) is 3.41. The second kappa shape index (κ2) is 7.60. The van der Waals surface area contributed by atoms with E-state index < -0.39 is 12.6 Å². The number of hydrogen-bond acceptors (Lipinski definition) is 5. The SMILES string of the molecule is C=CCc1cc(C=C2NC(=S)NC2=O)cc(OC)c1OCC(=O)O. The molecular formula is C16H16N2O5S. The molecule has 24 heavy (non-hydrogen) atoms. The lowest BCUT2D eigenvalue weighted by Gasteiger charge is -2.14. The lowest BCUT2D eigenvalue weighted by atomic mass is 10.0. The first kappa shape index (κ1) is 17.5. The fourth-order valence-electron chi connectivity index (χ4n) is 2.17. The van der Waals surface area contributed by atoms with Gasteiger partial charge in [0.25, 0.3) is 5.91 Å². The minimum absolute atomic E-state index is 0.242. The van der Waals surface area contributed by atoms with Gasteiger partial charge in [-0.15, -0.1) is 6.58 Å². The van der Waals surface area contributed by atoms with Crippen molar-refractivity contribution in [2.45, 2.75) is 6.42 Å². The van der Waals surface area contributed by atoms with Crippen LogP contribution in [0.2, 0.25) is 0 Å². The fraction of sp³-hybridized carbons (Fsp3) is 0.188. The van der Waals surface area contributed by atoms with Crippen molar-refractivity contribution in [2.75, 3.05) is 13.7 Å². The first-order chi connectivity index (χ1) is 11.4. The van der Waals surface area contributed by atoms with Crippen LogP contribution < -0.4 is 20.1 Å². The number of carboxylic acid groups (broad SMARTS) is 1. The van der Waals surface area contributed by atoms with E-state index >= 15 is 0 Å². The maximum atomic E-state index is 11.7. The summed E-state index contributed by atoms with van der Waals surface area (Å²) in [5, 5.41) is 14.3. The Balaban J connectivity index is 2.43. The van der Waals surface area contributed by atoms with E-state index in [1.165, 1.54) is 7.11 Å². The quantitative estimate of drug-likeness (QED) is 0.387. The number of hydrogen-bond donors (Lipinski definition) is 3. The molecule has 1 aromatic rings. The number of thiocarbonyl (C=S) groups is 1. The normalized spacial score (nSPS) is 15.0. The molecule has 1 aromatic carbocycles. The highest BCUT2D eigenvalue weighted by Crippen LogP contribution is 2.34. The highest BCUT2D eigenvalue weighted by molar-refractivity contribution is 7.80. The molecule has 1 fully saturated rings. The molecule has 0 aromatic heterocycles. The number of carbonyl (C=O) groups excluding carboxylic acids is 1. The average Bonchev–Trinajstić information content (AvgIpc) is 2.83. The Morgan fingerprint density at radius 3 is 2.71 bits per heavy atom. The van der Waals surface area contributed by atoms with E-state index in [1.54, 1.807) is 24.3 Å². The molecule has 8 heteroatoms. The highest BCUT2D eigenvalue weighted by Gasteiger charge is 2.21. The van der Waals surface area contributed by atoms with Crippen LogP contribution in [0.1, 0.15) is 11.1 Å². The van der Waals surface area contributed by atoms with Gasteiger partial charge in [-0.3, -0.25) is 10.1 Å². The number of aliphatic carboxylic acids is 1. The van der Waals surface area contributed by atoms with Crippen molar-refractivity contribution in [3.05, 3.63) is 41.6 Å². The molecule has 2 rings (SSSR count). The number of carbonyl (C=O) groups is 2. The van der Waals surface area contributed by atoms with Crippen LogP contribution in [0.5, 0.6) is 11.5 Å². The summed E-state index contributed by atoms with van der Waals surface area (Å²) in [6.07, 6.45) is 3.72. The Bertz CT molecular complexity index is 742. The predicted molar refractivity (Wildman–Crippen MR) is 91.9 cm³/mol. The number of amides is 1. The van der Waals surface area contributed by atoms with Gasteiger partial charge in [-0.1, -0.05) is 6.08 Å². The molecule has 3 N–H and O–H groups in total. The molecule has 0 radical (unpaired) electrons. The molecule has 0 atom stereocenters. The summed E-state index contributed by atoms with van der Waals surface area (Å²) in [5.74, 6) is -0.715. The second-order valence-electron chi connectivity index (χ2n) is 4.85. The lowest BCUT2D eigenvalue weighted by Crippen LogP contribution is -2.21. The van der Waals surface area contributed by atoms with Crippen LogP contribution in [-0.4, -0.2) is 35.8 Å². The first-order valence-corrected chi connectivity index (χ1v) is 7.36. The summed E-state index contributed by atoms with van der Waals surface area (Å²) in [4.78, 5) is 22.5. The Labute approximate surface area is 143 Å². The monoisotopic (exact) mass is 348 g/mol. The molecule has 0 spiro atoms. The Morgan fingerprint density at radius 1 is 1.42 bits per heavy atom. The average molecular weight is 348 g/mol. The Hall–Kier alpha value is -2.87. The maximum Gasteiger partial charge on any atom is 0.341 e. The van der Waals surface area contributed by atoms with Crippen molar-refractivity contribution in [1.29, 1.82) is 0 Å². The van der Waals surface area contributed by atoms with E-state index in [-0.39, 0.29) is 11.0 Å². The molecule has 1 heterocycles. The highest BCUT2D eigenvalue weighted by atomic mass is 32.1. The minimum Gasteiger partial charge on any atom is -0.493 e. The van der Waals surface area contributed by atoms with E-state index in [2.05, 4.69) is 17.2 Å². The van der Waals surface area contributed by atoms with Gasteiger partial charge in [0.1, 0.15) is 5.70 Å². The number of nitrogens with one attached hydrogen (secondary N) is 2. The number of methoxy groups -OCH3 is 1. The summed E-state index contributed by atoms with van der Waals surface area (Å²) in [5.41, 5.74) is 1.68. The molecule has 1 aliphatic rings. The smallest absolute Gasteiger partial charge is 0.341 e. The predicted octanol–water partition coefficient (Wildman–Crippen LogP) is 1.23. The van der Waals surface area contributed by atoms with Crippen molar-refractivity contribution in [3.63, 3.8) is 0 Å². The van der Waals surface area contributed by atoms with Gasteiger partial charge in [0, 0.05) is 5.56 Å². The Morgan fingerprint density at radius 2 is 2.17 bits per heavy atom. The van der Waals surface area contributed by atoms with Crippen molar-refractivity contribution in [1.82, 2.24) is 10.6 Å². The van der Waals surface area contributed by atoms with Crippen molar-refractivity contribution in [2.24, 2.45) is 0 Å². The minimum atomic E-state index is -1.09. The molecular weight excluding hydrogens is 332 g/mol. The number of benzene rings is 1. The molecule has 0 unspecified atom stereocenters. The zero-order valence-corrected chi connectivity index (χ0v) is 13.7. The molecule has 1 aliphatic heterocycles. The standard InChI is InChI=1S/C16H16N2O5S/c1-3-4-10-5-9(6-11-15(21)18-16(24)17-11)7-12(22-2)14(10)23-8-13(19)20/h3,5-7H,1,4,8H2,2H3,(H,19,20)(H2,17,18,21,24). The largest absolute Gasteiger partial charge is 0.493 e. The van der Waals surface area contributed by atoms with Crippen LogP contribution in [0.4, 0.5) is 0 Å². The van der Waals surface area contributed by atoms with Gasteiger partial charge in [0.15, 0.2) is 23.2 Å². The topological polar surface area (TPSA) is 96.9 Å². The van der Waals surface area contributed by atoms with E-state index in [9.17, 15) is 9.59 Å². The van der Waals surface area contributed by atoms with Crippen LogP contribution in [0.15, 0.2) is 30.5 Å². The van der Waals surface area contributed by atoms with E-state index in [0.29, 0.717) is 34.7 Å². The van der Waals surface area contributed by atoms with Gasteiger partial charge in [-0.25, -0.2) is 4.79 Å². The molecule has 1 amide bonds. The number of rotatable bonds is 7. The third-order valence-electron chi connectivity index (χ3n) is 3.11. The van der Waals surface area contributed by atoms with Crippen LogP contribution in [-0.2, 0) is 16.0 Å². The molecule has 1 saturated heterocycles. The van der Waals surface area contributed by atoms with Crippen LogP contribution >= 0.6 is 12.2 Å². The van der Waals surface area contributed by atoms with Crippen LogP contribution in [0.3, 0.4) is 0 Å². The van der Waals surface area contributed by atoms with E-state index in [4.69, 9.17) is 26.8 Å². The van der Waals surface area contributed by atoms with Gasteiger partial charge < -0.3 is 19.9 Å². The molecule has 0 saturated carbocycles. The zero-order valence-electron chi connectivity index (χ0n) is 12.9. The molecule has 0 bridgehead atoms. The van der Waals surface area contributed by atoms with Gasteiger partial charge in [-0.2, -0.15) is 0 Å². The zero-order chi connectivity index (χ0) is 17.7. The number of carboxylic acids is 1. The van der Waals surface area contributed by atoms with Crippen molar-refractivity contribution in [3.8, 4) is 11.5 Å². The van der Waals surface area contributed by atoms with Gasteiger partial charge >= 0.3 is 5.97 Å². The van der Waals surface area contributed by atoms with Crippen LogP contribution in [0, 0.1) is 0 Å². The van der Waals surface area contributed by atoms with Gasteiger partial charge in [0.05, 0.1) is 7.11 Å². The van der Waals surface area contributed by atoms with E-state index in [0.717, 1.165) is 0 Å². The summed E-state index contributed by atoms with van der Waals surface area (Å²) in [7, 11) is 1.45. The van der Waals surface area contributed by atoms with Gasteiger partial charge in [0.2, 0.25) is 0 Å². The first-order valence-electron chi connectivity index (χ1n) is 6.95. The number of ether oxygens (including phenoxy) is 2. The maximum absolute atomic E-state index is 11.7. The summed E-state index contributed by atoms with van der Waals surface area (Å²) >= 11 is 4.89. The van der Waals surface area contributed by atoms with E-state index in [1.807, 2.05) is 0 Å². The van der Waals surface area contributed by atoms with Gasteiger partial charge in [-0.05, 0) is 42.4 Å². The summed E-state index contributed by atoms with van der Waals surface area (Å²) < 4.78 is 10.6. The van der Waals surface area contributed by atoms with Crippen molar-refractivity contribution < 1.29 is 24.2 Å².